The van der Waals surface area contributed by atoms with E-state index in [0.717, 1.165) is 6.42 Å². The van der Waals surface area contributed by atoms with Crippen molar-refractivity contribution in [2.24, 2.45) is 0 Å². The molecule has 0 aliphatic heterocycles. The second-order valence-electron chi connectivity index (χ2n) is 3.54. The van der Waals surface area contributed by atoms with E-state index in [1.807, 2.05) is 6.08 Å². The first-order chi connectivity index (χ1) is 6.41. The van der Waals surface area contributed by atoms with Gasteiger partial charge in [0.05, 0.1) is 0 Å². The van der Waals surface area contributed by atoms with E-state index in [4.69, 9.17) is 0 Å². The average molecular weight is 180 g/mol. The van der Waals surface area contributed by atoms with Crippen LogP contribution in [-0.2, 0) is 0 Å². The molecule has 0 fully saturated rings. The van der Waals surface area contributed by atoms with Crippen LogP contribution in [0.3, 0.4) is 0 Å². The molecule has 13 heavy (non-hydrogen) atoms. The molecule has 0 aromatic rings. The van der Waals surface area contributed by atoms with Crippen LogP contribution in [0.5, 0.6) is 0 Å². The van der Waals surface area contributed by atoms with Gasteiger partial charge < -0.3 is 0 Å². The van der Waals surface area contributed by atoms with Gasteiger partial charge in [-0.3, -0.25) is 0 Å². The van der Waals surface area contributed by atoms with Gasteiger partial charge in [0.1, 0.15) is 0 Å². The summed E-state index contributed by atoms with van der Waals surface area (Å²) in [7, 11) is 0. The molecule has 0 aliphatic rings. The smallest absolute Gasteiger partial charge is 0.0316 e. The highest BCUT2D eigenvalue weighted by molar-refractivity contribution is 4.84. The first-order valence-corrected chi connectivity index (χ1v) is 5.67. The van der Waals surface area contributed by atoms with Crippen LogP contribution < -0.4 is 0 Å². The van der Waals surface area contributed by atoms with Crippen molar-refractivity contribution in [2.75, 3.05) is 0 Å². The van der Waals surface area contributed by atoms with Crippen molar-refractivity contribution < 1.29 is 0 Å². The molecule has 0 amide bonds. The lowest BCUT2D eigenvalue weighted by atomic mass is 10.1. The number of unbranched alkanes of at least 4 members (excludes halogenated alkanes) is 6. The monoisotopic (exact) mass is 180 g/mol. The number of hydrogen-bond acceptors (Lipinski definition) is 0. The van der Waals surface area contributed by atoms with Crippen molar-refractivity contribution >= 4 is 0 Å². The molecular weight excluding hydrogens is 156 g/mol. The quantitative estimate of drug-likeness (QED) is 0.351. The van der Waals surface area contributed by atoms with Crippen molar-refractivity contribution in [3.8, 4) is 0 Å². The summed E-state index contributed by atoms with van der Waals surface area (Å²) < 4.78 is 0. The SMILES string of the molecule is C=CCCC=CCCCCCCC. The Bertz CT molecular complexity index is 122. The van der Waals surface area contributed by atoms with Crippen LogP contribution in [-0.4, -0.2) is 0 Å². The molecule has 76 valence electrons. The van der Waals surface area contributed by atoms with Gasteiger partial charge in [-0.1, -0.05) is 50.8 Å². The third-order valence-corrected chi connectivity index (χ3v) is 2.18. The van der Waals surface area contributed by atoms with Crippen molar-refractivity contribution in [2.45, 2.75) is 58.3 Å². The molecule has 0 heteroatoms. The minimum absolute atomic E-state index is 1.12. The Morgan fingerprint density at radius 1 is 0.846 bits per heavy atom. The lowest BCUT2D eigenvalue weighted by Gasteiger charge is -1.95. The molecular formula is C13H24. The van der Waals surface area contributed by atoms with E-state index in [2.05, 4.69) is 25.7 Å². The molecule has 0 aromatic heterocycles. The Labute approximate surface area is 83.7 Å². The van der Waals surface area contributed by atoms with Gasteiger partial charge in [0.25, 0.3) is 0 Å². The average Bonchev–Trinajstić information content (AvgIpc) is 2.16. The first-order valence-electron chi connectivity index (χ1n) is 5.67. The summed E-state index contributed by atoms with van der Waals surface area (Å²) >= 11 is 0. The summed E-state index contributed by atoms with van der Waals surface area (Å²) in [5.41, 5.74) is 0. The van der Waals surface area contributed by atoms with E-state index in [1.54, 1.807) is 0 Å². The van der Waals surface area contributed by atoms with Crippen molar-refractivity contribution in [3.05, 3.63) is 24.8 Å². The predicted molar refractivity (Wildman–Crippen MR) is 61.9 cm³/mol. The fourth-order valence-electron chi connectivity index (χ4n) is 1.32. The Hall–Kier alpha value is -0.520. The fourth-order valence-corrected chi connectivity index (χ4v) is 1.32. The summed E-state index contributed by atoms with van der Waals surface area (Å²) in [5, 5.41) is 0. The van der Waals surface area contributed by atoms with Crippen LogP contribution in [0.2, 0.25) is 0 Å². The molecule has 0 radical (unpaired) electrons. The zero-order chi connectivity index (χ0) is 9.78. The van der Waals surface area contributed by atoms with E-state index in [-0.39, 0.29) is 0 Å². The van der Waals surface area contributed by atoms with Crippen LogP contribution in [0, 0.1) is 0 Å². The van der Waals surface area contributed by atoms with Crippen LogP contribution in [0.4, 0.5) is 0 Å². The largest absolute Gasteiger partial charge is 0.103 e. The fraction of sp³-hybridized carbons (Fsp3) is 0.692. The molecule has 0 bridgehead atoms. The number of rotatable bonds is 9. The number of hydrogen-bond donors (Lipinski definition) is 0. The topological polar surface area (TPSA) is 0 Å². The van der Waals surface area contributed by atoms with Crippen LogP contribution in [0.15, 0.2) is 24.8 Å². The Morgan fingerprint density at radius 2 is 1.54 bits per heavy atom. The zero-order valence-corrected chi connectivity index (χ0v) is 9.10. The Morgan fingerprint density at radius 3 is 2.23 bits per heavy atom. The van der Waals surface area contributed by atoms with Crippen LogP contribution in [0.25, 0.3) is 0 Å². The van der Waals surface area contributed by atoms with Crippen LogP contribution in [0.1, 0.15) is 58.3 Å². The van der Waals surface area contributed by atoms with Crippen LogP contribution >= 0.6 is 0 Å². The summed E-state index contributed by atoms with van der Waals surface area (Å²) in [6, 6.07) is 0. The first kappa shape index (κ1) is 12.5. The predicted octanol–water partition coefficient (Wildman–Crippen LogP) is 4.87. The second-order valence-corrected chi connectivity index (χ2v) is 3.54. The maximum Gasteiger partial charge on any atom is -0.0316 e. The molecule has 0 N–H and O–H groups in total. The Kier molecular flexibility index (Phi) is 11.0. The molecule has 0 saturated carbocycles. The second kappa shape index (κ2) is 11.5. The minimum Gasteiger partial charge on any atom is -0.103 e. The summed E-state index contributed by atoms with van der Waals surface area (Å²) in [4.78, 5) is 0. The molecule has 0 spiro atoms. The summed E-state index contributed by atoms with van der Waals surface area (Å²) in [6.45, 7) is 5.95. The molecule has 0 nitrogen and oxygen atoms in total. The highest BCUT2D eigenvalue weighted by Crippen LogP contribution is 2.05. The third-order valence-electron chi connectivity index (χ3n) is 2.18. The lowest BCUT2D eigenvalue weighted by molar-refractivity contribution is 0.637. The third kappa shape index (κ3) is 11.5. The molecule has 0 aliphatic carbocycles. The van der Waals surface area contributed by atoms with E-state index in [9.17, 15) is 0 Å². The normalized spacial score (nSPS) is 10.8. The number of allylic oxidation sites excluding steroid dienone is 3. The van der Waals surface area contributed by atoms with Gasteiger partial charge in [-0.15, -0.1) is 6.58 Å². The molecule has 0 rings (SSSR count). The highest BCUT2D eigenvalue weighted by atomic mass is 13.9. The molecule has 0 atom stereocenters. The van der Waals surface area contributed by atoms with E-state index in [1.165, 1.54) is 44.9 Å². The van der Waals surface area contributed by atoms with Gasteiger partial charge in [0.15, 0.2) is 0 Å². The lowest BCUT2D eigenvalue weighted by Crippen LogP contribution is -1.75. The van der Waals surface area contributed by atoms with Gasteiger partial charge in [-0.2, -0.15) is 0 Å². The summed E-state index contributed by atoms with van der Waals surface area (Å²) in [6.07, 6.45) is 17.0. The highest BCUT2D eigenvalue weighted by Gasteiger charge is 1.85. The van der Waals surface area contributed by atoms with Crippen molar-refractivity contribution in [1.82, 2.24) is 0 Å². The zero-order valence-electron chi connectivity index (χ0n) is 9.10. The van der Waals surface area contributed by atoms with Gasteiger partial charge >= 0.3 is 0 Å². The maximum atomic E-state index is 3.69. The van der Waals surface area contributed by atoms with Gasteiger partial charge in [0.2, 0.25) is 0 Å². The standard InChI is InChI=1S/C13H24/c1-3-5-7-9-11-13-12-10-8-6-4-2/h3,9,11H,1,4-8,10,12-13H2,2H3. The van der Waals surface area contributed by atoms with Crippen molar-refractivity contribution in [1.29, 1.82) is 0 Å². The minimum atomic E-state index is 1.12. The van der Waals surface area contributed by atoms with Gasteiger partial charge in [0, 0.05) is 0 Å². The van der Waals surface area contributed by atoms with Gasteiger partial charge in [-0.25, -0.2) is 0 Å². The molecule has 0 saturated heterocycles. The molecule has 0 aromatic carbocycles. The Balaban J connectivity index is 2.97. The summed E-state index contributed by atoms with van der Waals surface area (Å²) in [5.74, 6) is 0. The van der Waals surface area contributed by atoms with Crippen molar-refractivity contribution in [3.63, 3.8) is 0 Å². The molecule has 0 unspecified atom stereocenters. The van der Waals surface area contributed by atoms with E-state index < -0.39 is 0 Å². The van der Waals surface area contributed by atoms with E-state index in [0.29, 0.717) is 0 Å². The maximum absolute atomic E-state index is 3.69. The van der Waals surface area contributed by atoms with Gasteiger partial charge in [-0.05, 0) is 25.7 Å². The molecule has 0 heterocycles. The van der Waals surface area contributed by atoms with E-state index >= 15 is 0 Å².